The maximum atomic E-state index is 12.9. The number of carbonyl (C=O) groups excluding carboxylic acids is 1. The summed E-state index contributed by atoms with van der Waals surface area (Å²) in [4.78, 5) is 24.2. The molecule has 0 aliphatic carbocycles. The van der Waals surface area contributed by atoms with Crippen molar-refractivity contribution in [2.75, 3.05) is 6.61 Å². The first kappa shape index (κ1) is 35.1. The van der Waals surface area contributed by atoms with Gasteiger partial charge in [-0.3, -0.25) is 0 Å². The van der Waals surface area contributed by atoms with Crippen molar-refractivity contribution in [2.24, 2.45) is 0 Å². The normalized spacial score (nSPS) is 13.0. The second kappa shape index (κ2) is 18.4. The number of aliphatic hydroxyl groups excluding tert-OH is 2. The Labute approximate surface area is 254 Å². The molecule has 40 heavy (non-hydrogen) atoms. The van der Waals surface area contributed by atoms with E-state index in [-0.39, 0.29) is 22.9 Å². The Balaban J connectivity index is 1.56. The van der Waals surface area contributed by atoms with E-state index in [9.17, 15) is 18.3 Å². The van der Waals surface area contributed by atoms with Gasteiger partial charge in [-0.05, 0) is 38.8 Å². The standard InChI is InChI=1S/C27H45ClIN4O6S/c1-20(2)40(37,38)26-24-25(31-27(28)32-26)30-21(3)33(24)18-16-14-12-10-8-6-4-5-7-9-11-13-15-17-23(36)39-29-22(35)19-34/h20,22,34-35H,4-19H2,1-3H3/q-1/t22-/m1/s1. The molecule has 230 valence electrons. The molecule has 0 spiro atoms. The van der Waals surface area contributed by atoms with E-state index in [1.807, 2.05) is 11.5 Å². The molecule has 0 saturated carbocycles. The van der Waals surface area contributed by atoms with Gasteiger partial charge in [0.15, 0.2) is 20.5 Å². The minimum absolute atomic E-state index is 0.0318. The molecular formula is C27H45ClIN4O6S-. The molecule has 2 N–H and O–H groups in total. The molecule has 0 aromatic carbocycles. The van der Waals surface area contributed by atoms with Crippen LogP contribution in [0.5, 0.6) is 0 Å². The number of hydrogen-bond acceptors (Lipinski definition) is 9. The van der Waals surface area contributed by atoms with Gasteiger partial charge in [0.2, 0.25) is 5.28 Å². The van der Waals surface area contributed by atoms with Crippen LogP contribution in [-0.2, 0) is 24.2 Å². The summed E-state index contributed by atoms with van der Waals surface area (Å²) in [5.41, 5.74) is 0.781. The number of halogens is 2. The maximum absolute atomic E-state index is 12.9. The summed E-state index contributed by atoms with van der Waals surface area (Å²) >= 11 is 4.89. The Morgan fingerprint density at radius 1 is 0.925 bits per heavy atom. The fourth-order valence-electron chi connectivity index (χ4n) is 4.43. The number of aryl methyl sites for hydroxylation is 2. The number of hydrogen-bond donors (Lipinski definition) is 2. The van der Waals surface area contributed by atoms with Gasteiger partial charge in [-0.2, -0.15) is 4.98 Å². The van der Waals surface area contributed by atoms with Crippen molar-refractivity contribution >= 4 is 38.6 Å². The van der Waals surface area contributed by atoms with Gasteiger partial charge in [-0.15, -0.1) is 0 Å². The van der Waals surface area contributed by atoms with E-state index in [4.69, 9.17) is 19.8 Å². The fraction of sp³-hybridized carbons (Fsp3) is 0.778. The number of sulfone groups is 1. The van der Waals surface area contributed by atoms with Crippen molar-refractivity contribution in [1.29, 1.82) is 0 Å². The monoisotopic (exact) mass is 715 g/mol. The average Bonchev–Trinajstić information content (AvgIpc) is 3.22. The van der Waals surface area contributed by atoms with Crippen LogP contribution in [0.3, 0.4) is 0 Å². The van der Waals surface area contributed by atoms with Gasteiger partial charge in [0.1, 0.15) is 11.3 Å². The zero-order valence-corrected chi connectivity index (χ0v) is 27.7. The molecule has 2 heterocycles. The number of carbonyl (C=O) groups is 1. The van der Waals surface area contributed by atoms with Crippen molar-refractivity contribution in [1.82, 2.24) is 19.5 Å². The first-order valence-corrected chi connectivity index (χ1v) is 18.4. The first-order valence-electron chi connectivity index (χ1n) is 14.3. The SMILES string of the molecule is Cc1nc2nc(Cl)nc(S(=O)(=O)C(C)C)c2n1CCCCCCCCCCCCCCCC(=O)O[I-][C@H](O)CO. The van der Waals surface area contributed by atoms with Gasteiger partial charge in [0.05, 0.1) is 5.25 Å². The number of fused-ring (bicyclic) bond motifs is 1. The summed E-state index contributed by atoms with van der Waals surface area (Å²) in [5.74, 6) is 0.447. The second-order valence-electron chi connectivity index (χ2n) is 10.4. The summed E-state index contributed by atoms with van der Waals surface area (Å²) in [5, 5.41) is 17.2. The van der Waals surface area contributed by atoms with Crippen molar-refractivity contribution in [3.05, 3.63) is 11.1 Å². The van der Waals surface area contributed by atoms with Gasteiger partial charge < -0.3 is 4.57 Å². The number of rotatable bonds is 21. The molecule has 0 fully saturated rings. The first-order chi connectivity index (χ1) is 19.1. The molecule has 0 radical (unpaired) electrons. The fourth-order valence-corrected chi connectivity index (χ4v) is 6.74. The molecule has 0 amide bonds. The molecule has 0 saturated heterocycles. The number of nitrogens with zero attached hydrogens (tertiary/aromatic N) is 4. The topological polar surface area (TPSA) is 144 Å². The quantitative estimate of drug-likeness (QED) is 0.0654. The number of aromatic nitrogens is 4. The Morgan fingerprint density at radius 2 is 1.45 bits per heavy atom. The number of alkyl halides is 1. The third kappa shape index (κ3) is 11.7. The summed E-state index contributed by atoms with van der Waals surface area (Å²) in [6, 6.07) is 0. The summed E-state index contributed by atoms with van der Waals surface area (Å²) < 4.78 is 31.9. The van der Waals surface area contributed by atoms with Crippen LogP contribution >= 0.6 is 11.6 Å². The summed E-state index contributed by atoms with van der Waals surface area (Å²) in [6.07, 6.45) is 15.1. The van der Waals surface area contributed by atoms with E-state index in [1.54, 1.807) is 13.8 Å². The summed E-state index contributed by atoms with van der Waals surface area (Å²) in [6.45, 7) is 5.44. The van der Waals surface area contributed by atoms with Crippen molar-refractivity contribution in [3.63, 3.8) is 0 Å². The van der Waals surface area contributed by atoms with Crippen LogP contribution in [0.15, 0.2) is 5.03 Å². The van der Waals surface area contributed by atoms with E-state index in [2.05, 4.69) is 15.0 Å². The van der Waals surface area contributed by atoms with Gasteiger partial charge in [0.25, 0.3) is 0 Å². The third-order valence-electron chi connectivity index (χ3n) is 6.77. The predicted molar refractivity (Wildman–Crippen MR) is 151 cm³/mol. The zero-order valence-electron chi connectivity index (χ0n) is 23.9. The molecule has 0 unspecified atom stereocenters. The molecule has 1 atom stereocenters. The average molecular weight is 716 g/mol. The van der Waals surface area contributed by atoms with E-state index in [0.717, 1.165) is 38.5 Å². The molecule has 2 aromatic heterocycles. The van der Waals surface area contributed by atoms with E-state index in [1.165, 1.54) is 44.9 Å². The Bertz CT molecular complexity index is 1160. The molecule has 0 aliphatic heterocycles. The van der Waals surface area contributed by atoms with Crippen LogP contribution in [0.1, 0.15) is 110 Å². The molecule has 0 aliphatic rings. The van der Waals surface area contributed by atoms with Gasteiger partial charge in [0, 0.05) is 6.54 Å². The Hall–Kier alpha value is -1.09. The Kier molecular flexibility index (Phi) is 16.2. The van der Waals surface area contributed by atoms with E-state index in [0.29, 0.717) is 30.0 Å². The van der Waals surface area contributed by atoms with E-state index >= 15 is 0 Å². The molecular weight excluding hydrogens is 671 g/mol. The number of imidazole rings is 1. The molecule has 10 nitrogen and oxygen atoms in total. The van der Waals surface area contributed by atoms with Crippen LogP contribution in [0.25, 0.3) is 11.2 Å². The second-order valence-corrected chi connectivity index (χ2v) is 15.5. The van der Waals surface area contributed by atoms with Crippen LogP contribution in [-0.4, -0.2) is 60.1 Å². The third-order valence-corrected chi connectivity index (χ3v) is 10.7. The molecule has 0 bridgehead atoms. The van der Waals surface area contributed by atoms with Crippen molar-refractivity contribution in [2.45, 2.75) is 132 Å². The molecule has 2 aromatic rings. The van der Waals surface area contributed by atoms with Crippen LogP contribution in [0, 0.1) is 6.92 Å². The van der Waals surface area contributed by atoms with Crippen molar-refractivity contribution in [3.8, 4) is 0 Å². The molecule has 2 rings (SSSR count). The van der Waals surface area contributed by atoms with Gasteiger partial charge in [-0.1, -0.05) is 19.3 Å². The zero-order chi connectivity index (χ0) is 29.5. The van der Waals surface area contributed by atoms with Crippen LogP contribution in [0.2, 0.25) is 5.28 Å². The molecule has 13 heteroatoms. The van der Waals surface area contributed by atoms with Crippen LogP contribution < -0.4 is 21.6 Å². The number of aliphatic hydroxyl groups is 2. The number of unbranched alkanes of at least 4 members (excludes halogenated alkanes) is 12. The minimum atomic E-state index is -3.63. The van der Waals surface area contributed by atoms with Gasteiger partial charge in [-0.25, -0.2) is 18.4 Å². The van der Waals surface area contributed by atoms with E-state index < -0.39 is 40.8 Å². The van der Waals surface area contributed by atoms with Crippen molar-refractivity contribution < 1.29 is 48.1 Å². The predicted octanol–water partition coefficient (Wildman–Crippen LogP) is 2.29. The summed E-state index contributed by atoms with van der Waals surface area (Å²) in [7, 11) is -3.63. The Morgan fingerprint density at radius 3 is 1.98 bits per heavy atom. The van der Waals surface area contributed by atoms with Crippen LogP contribution in [0.4, 0.5) is 0 Å². The van der Waals surface area contributed by atoms with Gasteiger partial charge >= 0.3 is 121 Å².